The molecule has 0 spiro atoms. The zero-order valence-corrected chi connectivity index (χ0v) is 13.4. The molecule has 22 heavy (non-hydrogen) atoms. The molecule has 1 aliphatic rings. The molecule has 1 saturated heterocycles. The van der Waals surface area contributed by atoms with E-state index >= 15 is 0 Å². The predicted octanol–water partition coefficient (Wildman–Crippen LogP) is 2.18. The molecule has 1 fully saturated rings. The molecule has 1 aromatic heterocycles. The summed E-state index contributed by atoms with van der Waals surface area (Å²) in [5, 5.41) is 3.79. The highest BCUT2D eigenvalue weighted by molar-refractivity contribution is 7.99. The van der Waals surface area contributed by atoms with Crippen molar-refractivity contribution in [1.82, 2.24) is 9.47 Å². The number of nitrogens with one attached hydrogen (secondary N) is 1. The smallest absolute Gasteiger partial charge is 0.242 e. The lowest BCUT2D eigenvalue weighted by Crippen LogP contribution is -2.39. The third-order valence-corrected chi connectivity index (χ3v) is 4.74. The van der Waals surface area contributed by atoms with Crippen molar-refractivity contribution in [1.29, 1.82) is 0 Å². The van der Waals surface area contributed by atoms with Gasteiger partial charge < -0.3 is 14.8 Å². The SMILES string of the molecule is CC(=O)Nc1cccc2c1ccn2CC(=O)N1CCSCC1. The van der Waals surface area contributed by atoms with E-state index in [9.17, 15) is 9.59 Å². The van der Waals surface area contributed by atoms with Crippen LogP contribution in [0.1, 0.15) is 6.92 Å². The van der Waals surface area contributed by atoms with Crippen LogP contribution in [0.4, 0.5) is 5.69 Å². The van der Waals surface area contributed by atoms with Crippen molar-refractivity contribution < 1.29 is 9.59 Å². The number of nitrogens with zero attached hydrogens (tertiary/aromatic N) is 2. The first kappa shape index (κ1) is 15.0. The van der Waals surface area contributed by atoms with E-state index in [-0.39, 0.29) is 11.8 Å². The summed E-state index contributed by atoms with van der Waals surface area (Å²) in [6.45, 7) is 3.51. The maximum absolute atomic E-state index is 12.4. The van der Waals surface area contributed by atoms with Crippen LogP contribution in [0.3, 0.4) is 0 Å². The summed E-state index contributed by atoms with van der Waals surface area (Å²) in [5.74, 6) is 2.10. The van der Waals surface area contributed by atoms with Gasteiger partial charge in [0.05, 0.1) is 11.2 Å². The fraction of sp³-hybridized carbons (Fsp3) is 0.375. The molecule has 1 aliphatic heterocycles. The Morgan fingerprint density at radius 2 is 2.00 bits per heavy atom. The van der Waals surface area contributed by atoms with Gasteiger partial charge in [-0.1, -0.05) is 6.07 Å². The number of aromatic nitrogens is 1. The minimum Gasteiger partial charge on any atom is -0.339 e. The van der Waals surface area contributed by atoms with Gasteiger partial charge in [-0.05, 0) is 18.2 Å². The largest absolute Gasteiger partial charge is 0.339 e. The monoisotopic (exact) mass is 317 g/mol. The van der Waals surface area contributed by atoms with Crippen LogP contribution in [0.5, 0.6) is 0 Å². The summed E-state index contributed by atoms with van der Waals surface area (Å²) in [4.78, 5) is 25.6. The number of fused-ring (bicyclic) bond motifs is 1. The van der Waals surface area contributed by atoms with Crippen LogP contribution < -0.4 is 5.32 Å². The van der Waals surface area contributed by atoms with Gasteiger partial charge in [0, 0.05) is 43.1 Å². The quantitative estimate of drug-likeness (QED) is 0.944. The lowest BCUT2D eigenvalue weighted by atomic mass is 10.2. The molecule has 0 unspecified atom stereocenters. The Balaban J connectivity index is 1.82. The molecule has 6 heteroatoms. The van der Waals surface area contributed by atoms with E-state index in [1.54, 1.807) is 0 Å². The topological polar surface area (TPSA) is 54.3 Å². The van der Waals surface area contributed by atoms with Gasteiger partial charge in [-0.2, -0.15) is 11.8 Å². The van der Waals surface area contributed by atoms with E-state index in [1.165, 1.54) is 6.92 Å². The lowest BCUT2D eigenvalue weighted by Gasteiger charge is -2.26. The number of hydrogen-bond acceptors (Lipinski definition) is 3. The van der Waals surface area contributed by atoms with Crippen LogP contribution in [-0.4, -0.2) is 45.9 Å². The molecule has 0 aliphatic carbocycles. The van der Waals surface area contributed by atoms with Crippen LogP contribution in [0.15, 0.2) is 30.5 Å². The summed E-state index contributed by atoms with van der Waals surface area (Å²) in [6, 6.07) is 7.68. The van der Waals surface area contributed by atoms with Crippen molar-refractivity contribution in [2.75, 3.05) is 29.9 Å². The third-order valence-electron chi connectivity index (χ3n) is 3.79. The van der Waals surface area contributed by atoms with E-state index in [2.05, 4.69) is 5.32 Å². The zero-order chi connectivity index (χ0) is 15.5. The maximum Gasteiger partial charge on any atom is 0.242 e. The molecule has 3 rings (SSSR count). The molecule has 0 atom stereocenters. The van der Waals surface area contributed by atoms with Crippen molar-refractivity contribution in [3.8, 4) is 0 Å². The summed E-state index contributed by atoms with van der Waals surface area (Å²) in [6.07, 6.45) is 1.91. The third kappa shape index (κ3) is 3.11. The van der Waals surface area contributed by atoms with Crippen molar-refractivity contribution >= 4 is 40.2 Å². The molecule has 2 amide bonds. The van der Waals surface area contributed by atoms with Crippen LogP contribution in [0, 0.1) is 0 Å². The number of thioether (sulfide) groups is 1. The first-order valence-electron chi connectivity index (χ1n) is 7.36. The fourth-order valence-corrected chi connectivity index (χ4v) is 3.62. The number of anilines is 1. The Bertz CT molecular complexity index is 704. The number of carbonyl (C=O) groups excluding carboxylic acids is 2. The predicted molar refractivity (Wildman–Crippen MR) is 90.1 cm³/mol. The molecule has 0 radical (unpaired) electrons. The highest BCUT2D eigenvalue weighted by Crippen LogP contribution is 2.24. The standard InChI is InChI=1S/C16H19N3O2S/c1-12(20)17-14-3-2-4-15-13(14)5-6-19(15)11-16(21)18-7-9-22-10-8-18/h2-6H,7-11H2,1H3,(H,17,20). The van der Waals surface area contributed by atoms with Gasteiger partial charge in [0.2, 0.25) is 11.8 Å². The normalized spacial score (nSPS) is 15.0. The molecule has 2 aromatic rings. The molecule has 1 aromatic carbocycles. The second-order valence-electron chi connectivity index (χ2n) is 5.36. The van der Waals surface area contributed by atoms with E-state index in [4.69, 9.17) is 0 Å². The van der Waals surface area contributed by atoms with E-state index in [1.807, 2.05) is 51.7 Å². The second kappa shape index (κ2) is 6.44. The van der Waals surface area contributed by atoms with Gasteiger partial charge in [0.1, 0.15) is 6.54 Å². The summed E-state index contributed by atoms with van der Waals surface area (Å²) in [5.41, 5.74) is 1.75. The van der Waals surface area contributed by atoms with Gasteiger partial charge in [0.25, 0.3) is 0 Å². The minimum atomic E-state index is -0.0952. The molecule has 116 valence electrons. The van der Waals surface area contributed by atoms with Gasteiger partial charge in [-0.3, -0.25) is 9.59 Å². The van der Waals surface area contributed by atoms with Crippen LogP contribution in [0.2, 0.25) is 0 Å². The van der Waals surface area contributed by atoms with Crippen molar-refractivity contribution in [2.24, 2.45) is 0 Å². The van der Waals surface area contributed by atoms with Crippen molar-refractivity contribution in [3.05, 3.63) is 30.5 Å². The van der Waals surface area contributed by atoms with Crippen molar-refractivity contribution in [3.63, 3.8) is 0 Å². The first-order chi connectivity index (χ1) is 10.6. The van der Waals surface area contributed by atoms with Gasteiger partial charge >= 0.3 is 0 Å². The average Bonchev–Trinajstić information content (AvgIpc) is 2.92. The number of benzene rings is 1. The Hall–Kier alpha value is -1.95. The molecule has 1 N–H and O–H groups in total. The molecule has 0 saturated carbocycles. The summed E-state index contributed by atoms with van der Waals surface area (Å²) < 4.78 is 1.95. The van der Waals surface area contributed by atoms with Crippen LogP contribution >= 0.6 is 11.8 Å². The molecule has 5 nitrogen and oxygen atoms in total. The molecular formula is C16H19N3O2S. The summed E-state index contributed by atoms with van der Waals surface area (Å²) in [7, 11) is 0. The maximum atomic E-state index is 12.4. The van der Waals surface area contributed by atoms with Crippen molar-refractivity contribution in [2.45, 2.75) is 13.5 Å². The number of hydrogen-bond donors (Lipinski definition) is 1. The zero-order valence-electron chi connectivity index (χ0n) is 12.5. The number of rotatable bonds is 3. The highest BCUT2D eigenvalue weighted by atomic mass is 32.2. The van der Waals surface area contributed by atoms with Gasteiger partial charge in [-0.25, -0.2) is 0 Å². The van der Waals surface area contributed by atoms with E-state index in [0.29, 0.717) is 6.54 Å². The van der Waals surface area contributed by atoms with Crippen LogP contribution in [-0.2, 0) is 16.1 Å². The van der Waals surface area contributed by atoms with Gasteiger partial charge in [0.15, 0.2) is 0 Å². The molecular weight excluding hydrogens is 298 g/mol. The second-order valence-corrected chi connectivity index (χ2v) is 6.58. The molecule has 2 heterocycles. The Labute approximate surface area is 133 Å². The van der Waals surface area contributed by atoms with E-state index in [0.717, 1.165) is 41.2 Å². The molecule has 0 bridgehead atoms. The Kier molecular flexibility index (Phi) is 4.38. The van der Waals surface area contributed by atoms with E-state index < -0.39 is 0 Å². The number of amides is 2. The highest BCUT2D eigenvalue weighted by Gasteiger charge is 2.17. The number of carbonyl (C=O) groups is 2. The Morgan fingerprint density at radius 3 is 2.73 bits per heavy atom. The average molecular weight is 317 g/mol. The van der Waals surface area contributed by atoms with Gasteiger partial charge in [-0.15, -0.1) is 0 Å². The minimum absolute atomic E-state index is 0.0952. The Morgan fingerprint density at radius 1 is 1.23 bits per heavy atom. The van der Waals surface area contributed by atoms with Crippen LogP contribution in [0.25, 0.3) is 10.9 Å². The summed E-state index contributed by atoms with van der Waals surface area (Å²) >= 11 is 1.89. The lowest BCUT2D eigenvalue weighted by molar-refractivity contribution is -0.131. The first-order valence-corrected chi connectivity index (χ1v) is 8.51. The fourth-order valence-electron chi connectivity index (χ4n) is 2.72.